The highest BCUT2D eigenvalue weighted by atomic mass is 79.9. The Balaban J connectivity index is 1.93. The van der Waals surface area contributed by atoms with Gasteiger partial charge in [0, 0.05) is 9.85 Å². The zero-order valence-corrected chi connectivity index (χ0v) is 15.3. The van der Waals surface area contributed by atoms with Crippen LogP contribution < -0.4 is 16.0 Å². The van der Waals surface area contributed by atoms with Crippen molar-refractivity contribution < 1.29 is 4.74 Å². The van der Waals surface area contributed by atoms with E-state index in [1.807, 2.05) is 54.6 Å². The number of hydrogen-bond acceptors (Lipinski definition) is 5. The minimum Gasteiger partial charge on any atom is -0.437 e. The summed E-state index contributed by atoms with van der Waals surface area (Å²) in [6, 6.07) is 16.6. The molecule has 0 aliphatic heterocycles. The second kappa shape index (κ2) is 6.34. The molecule has 7 heteroatoms. The van der Waals surface area contributed by atoms with Crippen molar-refractivity contribution in [3.8, 4) is 17.3 Å². The van der Waals surface area contributed by atoms with Gasteiger partial charge in [0.2, 0.25) is 5.88 Å². The van der Waals surface area contributed by atoms with Gasteiger partial charge in [-0.2, -0.15) is 4.68 Å². The third kappa shape index (κ3) is 2.92. The molecule has 0 saturated heterocycles. The predicted octanol–water partition coefficient (Wildman–Crippen LogP) is 4.58. The van der Waals surface area contributed by atoms with Crippen molar-refractivity contribution >= 4 is 43.0 Å². The standard InChI is InChI=1S/C18H12BrN3O2S/c19-11-6-8-13(9-7-11)24-17-14-10-25-16(20)15(14)18(23)22(21-17)12-4-2-1-3-5-12/h1-10H,20H2. The van der Waals surface area contributed by atoms with Crippen molar-refractivity contribution in [1.82, 2.24) is 9.78 Å². The molecule has 124 valence electrons. The number of fused-ring (bicyclic) bond motifs is 1. The number of hydrogen-bond donors (Lipinski definition) is 1. The number of nitrogen functional groups attached to an aromatic ring is 1. The number of rotatable bonds is 3. The molecule has 2 N–H and O–H groups in total. The first-order valence-corrected chi connectivity index (χ1v) is 9.09. The Morgan fingerprint density at radius 2 is 1.80 bits per heavy atom. The van der Waals surface area contributed by atoms with Crippen LogP contribution in [0.3, 0.4) is 0 Å². The lowest BCUT2D eigenvalue weighted by atomic mass is 10.2. The third-order valence-corrected chi connectivity index (χ3v) is 5.02. The normalized spacial score (nSPS) is 10.9. The molecule has 0 saturated carbocycles. The van der Waals surface area contributed by atoms with E-state index in [1.54, 1.807) is 5.38 Å². The van der Waals surface area contributed by atoms with Crippen molar-refractivity contribution in [3.05, 3.63) is 74.8 Å². The highest BCUT2D eigenvalue weighted by Gasteiger charge is 2.17. The molecular weight excluding hydrogens is 402 g/mol. The molecule has 0 spiro atoms. The van der Waals surface area contributed by atoms with Gasteiger partial charge in [-0.1, -0.05) is 34.1 Å². The lowest BCUT2D eigenvalue weighted by Gasteiger charge is -2.10. The van der Waals surface area contributed by atoms with Gasteiger partial charge in [-0.15, -0.1) is 16.4 Å². The van der Waals surface area contributed by atoms with Crippen LogP contribution in [0.2, 0.25) is 0 Å². The zero-order valence-electron chi connectivity index (χ0n) is 12.8. The molecule has 0 unspecified atom stereocenters. The van der Waals surface area contributed by atoms with Crippen LogP contribution in [0.25, 0.3) is 16.5 Å². The number of ether oxygens (including phenoxy) is 1. The number of nitrogens with two attached hydrogens (primary N) is 1. The first-order valence-electron chi connectivity index (χ1n) is 7.42. The van der Waals surface area contributed by atoms with Crippen LogP contribution >= 0.6 is 27.3 Å². The molecule has 2 aromatic heterocycles. The fraction of sp³-hybridized carbons (Fsp3) is 0. The van der Waals surface area contributed by atoms with Crippen molar-refractivity contribution in [2.75, 3.05) is 5.73 Å². The molecule has 0 aliphatic carbocycles. The molecule has 4 aromatic rings. The molecule has 25 heavy (non-hydrogen) atoms. The molecule has 0 aliphatic rings. The summed E-state index contributed by atoms with van der Waals surface area (Å²) in [4.78, 5) is 12.8. The monoisotopic (exact) mass is 413 g/mol. The highest BCUT2D eigenvalue weighted by Crippen LogP contribution is 2.33. The number of aromatic nitrogens is 2. The summed E-state index contributed by atoms with van der Waals surface area (Å²) in [5, 5.41) is 7.71. The van der Waals surface area contributed by atoms with Crippen molar-refractivity contribution in [3.63, 3.8) is 0 Å². The second-order valence-corrected chi connectivity index (χ2v) is 7.13. The molecule has 4 rings (SSSR count). The van der Waals surface area contributed by atoms with E-state index >= 15 is 0 Å². The van der Waals surface area contributed by atoms with Gasteiger partial charge in [0.05, 0.1) is 21.5 Å². The van der Waals surface area contributed by atoms with Gasteiger partial charge in [-0.25, -0.2) is 0 Å². The molecule has 0 fully saturated rings. The maximum Gasteiger partial charge on any atom is 0.282 e. The Labute approximate surface area is 155 Å². The lowest BCUT2D eigenvalue weighted by molar-refractivity contribution is 0.454. The van der Waals surface area contributed by atoms with E-state index in [9.17, 15) is 4.79 Å². The van der Waals surface area contributed by atoms with Gasteiger partial charge < -0.3 is 10.5 Å². The summed E-state index contributed by atoms with van der Waals surface area (Å²) in [5.74, 6) is 0.966. The van der Waals surface area contributed by atoms with Crippen molar-refractivity contribution in [1.29, 1.82) is 0 Å². The minimum absolute atomic E-state index is 0.261. The molecule has 5 nitrogen and oxygen atoms in total. The SMILES string of the molecule is Nc1scc2c(Oc3ccc(Br)cc3)nn(-c3ccccc3)c(=O)c12. The summed E-state index contributed by atoms with van der Waals surface area (Å²) in [6.07, 6.45) is 0. The van der Waals surface area contributed by atoms with Crippen molar-refractivity contribution in [2.45, 2.75) is 0 Å². The maximum atomic E-state index is 12.8. The van der Waals surface area contributed by atoms with E-state index in [1.165, 1.54) is 16.0 Å². The van der Waals surface area contributed by atoms with E-state index in [4.69, 9.17) is 10.5 Å². The quantitative estimate of drug-likeness (QED) is 0.533. The van der Waals surface area contributed by atoms with Crippen LogP contribution in [-0.2, 0) is 0 Å². The third-order valence-electron chi connectivity index (χ3n) is 3.68. The fourth-order valence-corrected chi connectivity index (χ4v) is 3.52. The van der Waals surface area contributed by atoms with Crippen LogP contribution in [0.4, 0.5) is 5.00 Å². The zero-order chi connectivity index (χ0) is 17.4. The smallest absolute Gasteiger partial charge is 0.282 e. The molecular formula is C18H12BrN3O2S. The second-order valence-electron chi connectivity index (χ2n) is 5.30. The van der Waals surface area contributed by atoms with E-state index in [0.29, 0.717) is 33.1 Å². The predicted molar refractivity (Wildman–Crippen MR) is 104 cm³/mol. The molecule has 0 radical (unpaired) electrons. The van der Waals surface area contributed by atoms with Gasteiger partial charge >= 0.3 is 0 Å². The largest absolute Gasteiger partial charge is 0.437 e. The van der Waals surface area contributed by atoms with Gasteiger partial charge in [0.1, 0.15) is 5.75 Å². The Hall–Kier alpha value is -2.64. The van der Waals surface area contributed by atoms with Gasteiger partial charge in [0.25, 0.3) is 5.56 Å². The van der Waals surface area contributed by atoms with Gasteiger partial charge in [0.15, 0.2) is 0 Å². The Bertz CT molecular complexity index is 1110. The maximum absolute atomic E-state index is 12.8. The summed E-state index contributed by atoms with van der Waals surface area (Å²) < 4.78 is 8.21. The molecule has 0 atom stereocenters. The van der Waals surface area contributed by atoms with Crippen LogP contribution in [0.1, 0.15) is 0 Å². The van der Waals surface area contributed by atoms with E-state index in [0.717, 1.165) is 4.47 Å². The van der Waals surface area contributed by atoms with E-state index in [-0.39, 0.29) is 5.56 Å². The Morgan fingerprint density at radius 1 is 1.08 bits per heavy atom. The topological polar surface area (TPSA) is 70.1 Å². The summed E-state index contributed by atoms with van der Waals surface area (Å²) in [7, 11) is 0. The van der Waals surface area contributed by atoms with Gasteiger partial charge in [-0.05, 0) is 36.4 Å². The number of thiophene rings is 1. The minimum atomic E-state index is -0.261. The molecule has 0 bridgehead atoms. The van der Waals surface area contributed by atoms with Crippen LogP contribution in [0.15, 0.2) is 69.2 Å². The number of benzene rings is 2. The number of para-hydroxylation sites is 1. The van der Waals surface area contributed by atoms with Crippen molar-refractivity contribution in [2.24, 2.45) is 0 Å². The average Bonchev–Trinajstić information content (AvgIpc) is 3.02. The number of nitrogens with zero attached hydrogens (tertiary/aromatic N) is 2. The summed E-state index contributed by atoms with van der Waals surface area (Å²) in [6.45, 7) is 0. The Morgan fingerprint density at radius 3 is 2.52 bits per heavy atom. The lowest BCUT2D eigenvalue weighted by Crippen LogP contribution is -2.21. The van der Waals surface area contributed by atoms with Crippen LogP contribution in [0, 0.1) is 0 Å². The number of anilines is 1. The van der Waals surface area contributed by atoms with E-state index in [2.05, 4.69) is 21.0 Å². The molecule has 2 aromatic carbocycles. The molecule has 0 amide bonds. The van der Waals surface area contributed by atoms with Crippen LogP contribution in [-0.4, -0.2) is 9.78 Å². The average molecular weight is 414 g/mol. The number of halogens is 1. The first kappa shape index (κ1) is 15.9. The summed E-state index contributed by atoms with van der Waals surface area (Å²) in [5.41, 5.74) is 6.41. The molecule has 2 heterocycles. The van der Waals surface area contributed by atoms with Gasteiger partial charge in [-0.3, -0.25) is 4.79 Å². The van der Waals surface area contributed by atoms with E-state index < -0.39 is 0 Å². The highest BCUT2D eigenvalue weighted by molar-refractivity contribution is 9.10. The summed E-state index contributed by atoms with van der Waals surface area (Å²) >= 11 is 4.69. The first-order chi connectivity index (χ1) is 12.1. The fourth-order valence-electron chi connectivity index (χ4n) is 2.48. The van der Waals surface area contributed by atoms with Crippen LogP contribution in [0.5, 0.6) is 11.6 Å². The Kier molecular flexibility index (Phi) is 4.03.